The molecule has 1 atom stereocenters. The SMILES string of the molecule is N#CCc1ccc([C@@H](C#N)/C(CCCC(=O)Nc2cccc([N+](=O)[O-])c2)=N/NC(=O)NN)cc1. The van der Waals surface area contributed by atoms with Crippen molar-refractivity contribution in [1.82, 2.24) is 10.9 Å². The number of nitro benzene ring substituents is 1. The van der Waals surface area contributed by atoms with Crippen molar-refractivity contribution in [3.05, 3.63) is 69.8 Å². The average molecular weight is 462 g/mol. The quantitative estimate of drug-likeness (QED) is 0.137. The molecule has 0 aliphatic heterocycles. The van der Waals surface area contributed by atoms with Crippen molar-refractivity contribution in [3.8, 4) is 12.1 Å². The van der Waals surface area contributed by atoms with E-state index < -0.39 is 16.9 Å². The van der Waals surface area contributed by atoms with Gasteiger partial charge >= 0.3 is 6.03 Å². The van der Waals surface area contributed by atoms with Crippen LogP contribution in [0, 0.1) is 32.8 Å². The Morgan fingerprint density at radius 3 is 2.50 bits per heavy atom. The second kappa shape index (κ2) is 12.9. The van der Waals surface area contributed by atoms with Gasteiger partial charge < -0.3 is 5.32 Å². The number of carbonyl (C=O) groups is 2. The van der Waals surface area contributed by atoms with E-state index >= 15 is 0 Å². The van der Waals surface area contributed by atoms with Crippen LogP contribution in [0.25, 0.3) is 0 Å². The van der Waals surface area contributed by atoms with Gasteiger partial charge in [-0.2, -0.15) is 15.6 Å². The molecule has 2 aromatic rings. The number of hydrazone groups is 1. The molecule has 0 saturated carbocycles. The van der Waals surface area contributed by atoms with Crippen LogP contribution in [0.5, 0.6) is 0 Å². The summed E-state index contributed by atoms with van der Waals surface area (Å²) in [5.74, 6) is 3.86. The number of anilines is 1. The zero-order chi connectivity index (χ0) is 24.9. The van der Waals surface area contributed by atoms with Crippen molar-refractivity contribution >= 4 is 29.0 Å². The summed E-state index contributed by atoms with van der Waals surface area (Å²) < 4.78 is 0. The number of hydrogen-bond donors (Lipinski definition) is 4. The second-order valence-electron chi connectivity index (χ2n) is 7.04. The number of carbonyl (C=O) groups excluding carboxylic acids is 2. The molecule has 0 unspecified atom stereocenters. The summed E-state index contributed by atoms with van der Waals surface area (Å²) in [6.45, 7) is 0. The van der Waals surface area contributed by atoms with Crippen molar-refractivity contribution in [2.75, 3.05) is 5.32 Å². The number of nitriles is 2. The Hall–Kier alpha value is -4.81. The number of hydrazine groups is 1. The first-order valence-corrected chi connectivity index (χ1v) is 10.1. The molecule has 12 nitrogen and oxygen atoms in total. The van der Waals surface area contributed by atoms with Gasteiger partial charge in [0.1, 0.15) is 5.92 Å². The Morgan fingerprint density at radius 1 is 1.15 bits per heavy atom. The number of urea groups is 1. The molecule has 0 radical (unpaired) electrons. The summed E-state index contributed by atoms with van der Waals surface area (Å²) in [5, 5.41) is 36.0. The van der Waals surface area contributed by atoms with Crippen molar-refractivity contribution in [2.24, 2.45) is 10.9 Å². The van der Waals surface area contributed by atoms with E-state index in [0.29, 0.717) is 17.0 Å². The third-order valence-electron chi connectivity index (χ3n) is 4.67. The minimum absolute atomic E-state index is 0.0457. The summed E-state index contributed by atoms with van der Waals surface area (Å²) in [5.41, 5.74) is 5.93. The fraction of sp³-hybridized carbons (Fsp3) is 0.227. The van der Waals surface area contributed by atoms with E-state index in [1.165, 1.54) is 24.3 Å². The van der Waals surface area contributed by atoms with Gasteiger partial charge in [-0.15, -0.1) is 0 Å². The van der Waals surface area contributed by atoms with E-state index in [4.69, 9.17) is 11.1 Å². The predicted molar refractivity (Wildman–Crippen MR) is 123 cm³/mol. The molecule has 174 valence electrons. The lowest BCUT2D eigenvalue weighted by Gasteiger charge is -2.14. The van der Waals surface area contributed by atoms with Crippen LogP contribution < -0.4 is 22.0 Å². The smallest absolute Gasteiger partial charge is 0.326 e. The van der Waals surface area contributed by atoms with E-state index in [0.717, 1.165) is 5.56 Å². The molecule has 5 N–H and O–H groups in total. The summed E-state index contributed by atoms with van der Waals surface area (Å²) in [4.78, 5) is 34.1. The Bertz CT molecular complexity index is 1150. The number of benzene rings is 2. The number of hydrogen-bond acceptors (Lipinski definition) is 8. The molecule has 0 aromatic heterocycles. The number of nitrogens with one attached hydrogen (secondary N) is 3. The number of nitro groups is 1. The Morgan fingerprint density at radius 2 is 1.88 bits per heavy atom. The maximum Gasteiger partial charge on any atom is 0.349 e. The van der Waals surface area contributed by atoms with E-state index in [2.05, 4.69) is 21.9 Å². The number of rotatable bonds is 10. The van der Waals surface area contributed by atoms with Crippen LogP contribution in [0.3, 0.4) is 0 Å². The number of nitrogens with two attached hydrogens (primary N) is 1. The largest absolute Gasteiger partial charge is 0.349 e. The molecule has 0 bridgehead atoms. The van der Waals surface area contributed by atoms with Crippen LogP contribution in [0.1, 0.15) is 36.3 Å². The van der Waals surface area contributed by atoms with Crippen LogP contribution in [0.15, 0.2) is 53.6 Å². The highest BCUT2D eigenvalue weighted by molar-refractivity contribution is 5.95. The molecule has 0 spiro atoms. The number of amides is 3. The first-order chi connectivity index (χ1) is 16.4. The zero-order valence-electron chi connectivity index (χ0n) is 18.0. The van der Waals surface area contributed by atoms with Crippen LogP contribution in [-0.4, -0.2) is 22.6 Å². The maximum atomic E-state index is 12.3. The predicted octanol–water partition coefficient (Wildman–Crippen LogP) is 2.61. The monoisotopic (exact) mass is 462 g/mol. The normalized spacial score (nSPS) is 11.4. The molecule has 3 amide bonds. The molecule has 0 saturated heterocycles. The highest BCUT2D eigenvalue weighted by atomic mass is 16.6. The molecule has 2 rings (SSSR count). The summed E-state index contributed by atoms with van der Waals surface area (Å²) in [6.07, 6.45) is 0.766. The lowest BCUT2D eigenvalue weighted by Crippen LogP contribution is -2.38. The van der Waals surface area contributed by atoms with E-state index in [1.54, 1.807) is 24.3 Å². The molecular formula is C22H22N8O4. The molecule has 34 heavy (non-hydrogen) atoms. The summed E-state index contributed by atoms with van der Waals surface area (Å²) >= 11 is 0. The first kappa shape index (κ1) is 25.5. The molecule has 0 fully saturated rings. The van der Waals surface area contributed by atoms with Gasteiger partial charge in [0, 0.05) is 24.2 Å². The topological polar surface area (TPSA) is 199 Å². The van der Waals surface area contributed by atoms with Crippen LogP contribution in [-0.2, 0) is 11.2 Å². The minimum Gasteiger partial charge on any atom is -0.326 e. The number of nitrogens with zero attached hydrogens (tertiary/aromatic N) is 4. The third-order valence-corrected chi connectivity index (χ3v) is 4.67. The lowest BCUT2D eigenvalue weighted by atomic mass is 9.91. The van der Waals surface area contributed by atoms with Gasteiger partial charge in [0.05, 0.1) is 29.2 Å². The highest BCUT2D eigenvalue weighted by Gasteiger charge is 2.19. The molecule has 0 heterocycles. The fourth-order valence-electron chi connectivity index (χ4n) is 3.03. The van der Waals surface area contributed by atoms with Gasteiger partial charge in [-0.3, -0.25) is 20.3 Å². The zero-order valence-corrected chi connectivity index (χ0v) is 18.0. The second-order valence-corrected chi connectivity index (χ2v) is 7.04. The minimum atomic E-state index is -0.811. The molecule has 0 aliphatic rings. The van der Waals surface area contributed by atoms with E-state index in [-0.39, 0.29) is 37.3 Å². The summed E-state index contributed by atoms with van der Waals surface area (Å²) in [6, 6.07) is 15.8. The highest BCUT2D eigenvalue weighted by Crippen LogP contribution is 2.22. The summed E-state index contributed by atoms with van der Waals surface area (Å²) in [7, 11) is 0. The third kappa shape index (κ3) is 7.71. The Kier molecular flexibility index (Phi) is 9.66. The van der Waals surface area contributed by atoms with Gasteiger partial charge in [-0.1, -0.05) is 30.3 Å². The van der Waals surface area contributed by atoms with Gasteiger partial charge in [0.25, 0.3) is 5.69 Å². The first-order valence-electron chi connectivity index (χ1n) is 10.1. The average Bonchev–Trinajstić information content (AvgIpc) is 2.83. The Labute approximate surface area is 195 Å². The van der Waals surface area contributed by atoms with Crippen LogP contribution in [0.2, 0.25) is 0 Å². The van der Waals surface area contributed by atoms with Crippen molar-refractivity contribution in [1.29, 1.82) is 10.5 Å². The van der Waals surface area contributed by atoms with Crippen molar-refractivity contribution in [3.63, 3.8) is 0 Å². The van der Waals surface area contributed by atoms with Gasteiger partial charge in [-0.25, -0.2) is 16.1 Å². The Balaban J connectivity index is 2.08. The molecule has 0 aliphatic carbocycles. The standard InChI is InChI=1S/C22H22N8O4/c23-12-11-15-7-9-16(10-8-15)19(14-24)20(28-29-22(32)27-25)5-2-6-21(31)26-17-3-1-4-18(13-17)30(33)34/h1,3-4,7-10,13,19H,2,5-6,11,25H2,(H,26,31)(H2,27,29,32)/b28-20+/t19-/m1/s1. The van der Waals surface area contributed by atoms with Crippen molar-refractivity contribution in [2.45, 2.75) is 31.6 Å². The van der Waals surface area contributed by atoms with E-state index in [1.807, 2.05) is 11.5 Å². The molecule has 2 aromatic carbocycles. The van der Waals surface area contributed by atoms with Crippen LogP contribution >= 0.6 is 0 Å². The molecule has 12 heteroatoms. The fourth-order valence-corrected chi connectivity index (χ4v) is 3.03. The van der Waals surface area contributed by atoms with Gasteiger partial charge in [-0.05, 0) is 30.0 Å². The maximum absolute atomic E-state index is 12.3. The van der Waals surface area contributed by atoms with Gasteiger partial charge in [0.15, 0.2) is 0 Å². The lowest BCUT2D eigenvalue weighted by molar-refractivity contribution is -0.384. The van der Waals surface area contributed by atoms with Crippen molar-refractivity contribution < 1.29 is 14.5 Å². The molecular weight excluding hydrogens is 440 g/mol. The van der Waals surface area contributed by atoms with Gasteiger partial charge in [0.2, 0.25) is 5.91 Å². The van der Waals surface area contributed by atoms with Crippen LogP contribution in [0.4, 0.5) is 16.2 Å². The van der Waals surface area contributed by atoms with E-state index in [9.17, 15) is 25.0 Å². The number of non-ortho nitro benzene ring substituents is 1.